The lowest BCUT2D eigenvalue weighted by atomic mass is 9.85. The Morgan fingerprint density at radius 3 is 2.10 bits per heavy atom. The molecule has 2 rings (SSSR count). The fourth-order valence-corrected chi connectivity index (χ4v) is 2.53. The van der Waals surface area contributed by atoms with Crippen LogP contribution in [0.4, 0.5) is 4.39 Å². The summed E-state index contributed by atoms with van der Waals surface area (Å²) in [5.41, 5.74) is 0.851. The minimum atomic E-state index is -1.96. The van der Waals surface area contributed by atoms with Crippen LogP contribution < -0.4 is 0 Å². The molecule has 0 aliphatic rings. The van der Waals surface area contributed by atoms with Crippen LogP contribution in [0.3, 0.4) is 0 Å². The van der Waals surface area contributed by atoms with E-state index in [0.29, 0.717) is 11.1 Å². The van der Waals surface area contributed by atoms with Crippen LogP contribution in [0.25, 0.3) is 0 Å². The zero-order valence-corrected chi connectivity index (χ0v) is 12.1. The van der Waals surface area contributed by atoms with Crippen molar-refractivity contribution >= 4 is 5.78 Å². The first-order chi connectivity index (χ1) is 9.47. The smallest absolute Gasteiger partial charge is 0.204 e. The zero-order valence-electron chi connectivity index (χ0n) is 12.1. The molecule has 0 fully saturated rings. The Hall–Kier alpha value is -1.96. The van der Waals surface area contributed by atoms with Gasteiger partial charge >= 0.3 is 0 Å². The lowest BCUT2D eigenvalue weighted by molar-refractivity contribution is 0.0666. The quantitative estimate of drug-likeness (QED) is 0.732. The van der Waals surface area contributed by atoms with Crippen LogP contribution in [0, 0.1) is 13.8 Å². The average molecular weight is 270 g/mol. The topological polar surface area (TPSA) is 17.1 Å². The third-order valence-corrected chi connectivity index (χ3v) is 3.56. The van der Waals surface area contributed by atoms with Gasteiger partial charge in [0.15, 0.2) is 5.67 Å². The summed E-state index contributed by atoms with van der Waals surface area (Å²) in [7, 11) is 0. The Balaban J connectivity index is 2.48. The molecule has 0 amide bonds. The molecule has 0 saturated carbocycles. The van der Waals surface area contributed by atoms with Gasteiger partial charge in [-0.15, -0.1) is 0 Å². The normalized spacial score (nSPS) is 13.8. The van der Waals surface area contributed by atoms with Crippen LogP contribution in [0.2, 0.25) is 0 Å². The fraction of sp³-hybridized carbons (Fsp3) is 0.278. The number of Topliss-reactive ketones (excluding diaryl/α,β-unsaturated/α-hetero) is 1. The lowest BCUT2D eigenvalue weighted by Crippen LogP contribution is -2.30. The zero-order chi connectivity index (χ0) is 14.8. The molecular formula is C18H19FO. The first-order valence-electron chi connectivity index (χ1n) is 6.85. The van der Waals surface area contributed by atoms with Gasteiger partial charge in [0, 0.05) is 5.56 Å². The Kier molecular flexibility index (Phi) is 4.03. The van der Waals surface area contributed by atoms with E-state index in [-0.39, 0.29) is 6.42 Å². The van der Waals surface area contributed by atoms with Gasteiger partial charge < -0.3 is 0 Å². The van der Waals surface area contributed by atoms with Crippen molar-refractivity contribution in [1.29, 1.82) is 0 Å². The second-order valence-electron chi connectivity index (χ2n) is 5.23. The van der Waals surface area contributed by atoms with Crippen LogP contribution >= 0.6 is 0 Å². The number of benzene rings is 2. The van der Waals surface area contributed by atoms with Crippen molar-refractivity contribution in [3.8, 4) is 0 Å². The molecule has 0 radical (unpaired) electrons. The van der Waals surface area contributed by atoms with E-state index >= 15 is 4.39 Å². The van der Waals surface area contributed by atoms with Crippen molar-refractivity contribution in [3.63, 3.8) is 0 Å². The van der Waals surface area contributed by atoms with Crippen LogP contribution in [0.15, 0.2) is 48.5 Å². The maximum Gasteiger partial charge on any atom is 0.204 e. The van der Waals surface area contributed by atoms with Crippen molar-refractivity contribution in [1.82, 2.24) is 0 Å². The van der Waals surface area contributed by atoms with Gasteiger partial charge in [-0.3, -0.25) is 4.79 Å². The highest BCUT2D eigenvalue weighted by Crippen LogP contribution is 2.33. The van der Waals surface area contributed by atoms with E-state index in [4.69, 9.17) is 0 Å². The van der Waals surface area contributed by atoms with Crippen LogP contribution in [-0.4, -0.2) is 5.78 Å². The molecule has 1 nitrogen and oxygen atoms in total. The first kappa shape index (κ1) is 14.4. The predicted molar refractivity (Wildman–Crippen MR) is 79.8 cm³/mol. The van der Waals surface area contributed by atoms with Crippen molar-refractivity contribution in [2.75, 3.05) is 0 Å². The Morgan fingerprint density at radius 2 is 1.60 bits per heavy atom. The Morgan fingerprint density at radius 1 is 1.05 bits per heavy atom. The van der Waals surface area contributed by atoms with Gasteiger partial charge in [-0.25, -0.2) is 4.39 Å². The number of hydrogen-bond donors (Lipinski definition) is 0. The third kappa shape index (κ3) is 2.64. The van der Waals surface area contributed by atoms with E-state index in [1.807, 2.05) is 26.0 Å². The van der Waals surface area contributed by atoms with E-state index in [2.05, 4.69) is 0 Å². The Labute approximate surface area is 119 Å². The molecule has 1 atom stereocenters. The molecule has 0 heterocycles. The molecule has 0 unspecified atom stereocenters. The summed E-state index contributed by atoms with van der Waals surface area (Å²) in [5, 5.41) is 0. The summed E-state index contributed by atoms with van der Waals surface area (Å²) in [5.74, 6) is -0.460. The molecule has 0 aliphatic carbocycles. The van der Waals surface area contributed by atoms with Gasteiger partial charge in [-0.2, -0.15) is 0 Å². The maximum atomic E-state index is 15.2. The molecule has 0 bridgehead atoms. The molecule has 104 valence electrons. The second-order valence-corrected chi connectivity index (χ2v) is 5.23. The highest BCUT2D eigenvalue weighted by molar-refractivity contribution is 6.03. The van der Waals surface area contributed by atoms with E-state index in [9.17, 15) is 4.79 Å². The van der Waals surface area contributed by atoms with Crippen LogP contribution in [0.5, 0.6) is 0 Å². The summed E-state index contributed by atoms with van der Waals surface area (Å²) >= 11 is 0. The summed E-state index contributed by atoms with van der Waals surface area (Å²) in [6.45, 7) is 5.53. The number of hydrogen-bond acceptors (Lipinski definition) is 1. The number of carbonyl (C=O) groups excluding carboxylic acids is 1. The molecular weight excluding hydrogens is 251 g/mol. The molecule has 0 saturated heterocycles. The molecule has 2 aromatic rings. The van der Waals surface area contributed by atoms with Crippen molar-refractivity contribution in [2.45, 2.75) is 32.9 Å². The number of halogens is 1. The summed E-state index contributed by atoms with van der Waals surface area (Å²) < 4.78 is 15.2. The molecule has 2 aromatic carbocycles. The number of ketones is 1. The second kappa shape index (κ2) is 5.58. The first-order valence-corrected chi connectivity index (χ1v) is 6.85. The SMILES string of the molecule is CC[C@@](F)(C(=O)c1cc(C)cc(C)c1)c1ccccc1. The van der Waals surface area contributed by atoms with E-state index in [1.54, 1.807) is 43.3 Å². The van der Waals surface area contributed by atoms with Crippen molar-refractivity contribution in [2.24, 2.45) is 0 Å². The molecule has 2 heteroatoms. The summed E-state index contributed by atoms with van der Waals surface area (Å²) in [6.07, 6.45) is 0.128. The number of alkyl halides is 1. The maximum absolute atomic E-state index is 15.2. The highest BCUT2D eigenvalue weighted by Gasteiger charge is 2.39. The third-order valence-electron chi connectivity index (χ3n) is 3.56. The van der Waals surface area contributed by atoms with Crippen LogP contribution in [0.1, 0.15) is 40.4 Å². The van der Waals surface area contributed by atoms with E-state index < -0.39 is 11.5 Å². The molecule has 0 N–H and O–H groups in total. The monoisotopic (exact) mass is 270 g/mol. The number of carbonyl (C=O) groups is 1. The average Bonchev–Trinajstić information content (AvgIpc) is 2.45. The van der Waals surface area contributed by atoms with Crippen molar-refractivity contribution < 1.29 is 9.18 Å². The molecule has 20 heavy (non-hydrogen) atoms. The molecule has 0 spiro atoms. The number of aryl methyl sites for hydroxylation is 2. The largest absolute Gasteiger partial charge is 0.290 e. The van der Waals surface area contributed by atoms with Crippen molar-refractivity contribution in [3.05, 3.63) is 70.8 Å². The van der Waals surface area contributed by atoms with Gasteiger partial charge in [0.2, 0.25) is 5.78 Å². The Bertz CT molecular complexity index is 598. The standard InChI is InChI=1S/C18H19FO/c1-4-18(19,16-8-6-5-7-9-16)17(20)15-11-13(2)10-14(3)12-15/h5-12H,4H2,1-3H3/t18-/m0/s1. The minimum Gasteiger partial charge on any atom is -0.290 e. The summed E-state index contributed by atoms with van der Waals surface area (Å²) in [4.78, 5) is 12.6. The van der Waals surface area contributed by atoms with Gasteiger partial charge in [0.25, 0.3) is 0 Å². The molecule has 0 aromatic heterocycles. The highest BCUT2D eigenvalue weighted by atomic mass is 19.1. The minimum absolute atomic E-state index is 0.128. The number of rotatable bonds is 4. The van der Waals surface area contributed by atoms with Gasteiger partial charge in [-0.05, 0) is 38.0 Å². The van der Waals surface area contributed by atoms with E-state index in [0.717, 1.165) is 11.1 Å². The van der Waals surface area contributed by atoms with Gasteiger partial charge in [-0.1, -0.05) is 54.4 Å². The van der Waals surface area contributed by atoms with Gasteiger partial charge in [0.1, 0.15) is 0 Å². The lowest BCUT2D eigenvalue weighted by Gasteiger charge is -2.23. The van der Waals surface area contributed by atoms with Crippen LogP contribution in [-0.2, 0) is 5.67 Å². The molecule has 0 aliphatic heterocycles. The van der Waals surface area contributed by atoms with E-state index in [1.165, 1.54) is 0 Å². The summed E-state index contributed by atoms with van der Waals surface area (Å²) in [6, 6.07) is 14.2. The fourth-order valence-electron chi connectivity index (χ4n) is 2.53. The van der Waals surface area contributed by atoms with Gasteiger partial charge in [0.05, 0.1) is 0 Å². The predicted octanol–water partition coefficient (Wildman–Crippen LogP) is 4.76.